The molecule has 6 aliphatic rings. The van der Waals surface area contributed by atoms with E-state index in [2.05, 4.69) is 64.4 Å². The molecule has 0 aromatic heterocycles. The summed E-state index contributed by atoms with van der Waals surface area (Å²) in [4.78, 5) is 28.5. The van der Waals surface area contributed by atoms with Crippen LogP contribution in [0.1, 0.15) is 128 Å². The summed E-state index contributed by atoms with van der Waals surface area (Å²) in [5.41, 5.74) is 5.44. The summed E-state index contributed by atoms with van der Waals surface area (Å²) in [5.74, 6) is 2.88. The molecule has 1 aromatic rings. The molecule has 5 fully saturated rings. The van der Waals surface area contributed by atoms with Crippen LogP contribution in [0.25, 0.3) is 5.57 Å². The molecule has 4 saturated carbocycles. The van der Waals surface area contributed by atoms with Crippen molar-refractivity contribution in [2.24, 2.45) is 57.2 Å². The van der Waals surface area contributed by atoms with Gasteiger partial charge in [-0.25, -0.2) is 4.79 Å². The minimum Gasteiger partial charge on any atom is -0.478 e. The third-order valence-corrected chi connectivity index (χ3v) is 17.4. The number of rotatable bonds is 8. The van der Waals surface area contributed by atoms with Gasteiger partial charge in [0.1, 0.15) is 0 Å². The van der Waals surface area contributed by atoms with Gasteiger partial charge in [-0.2, -0.15) is 0 Å². The predicted molar refractivity (Wildman–Crippen MR) is 212 cm³/mol. The number of benzene rings is 1. The van der Waals surface area contributed by atoms with E-state index in [0.29, 0.717) is 51.9 Å². The summed E-state index contributed by atoms with van der Waals surface area (Å²) in [6.07, 6.45) is 16.0. The molecule has 1 saturated heterocycles. The molecule has 1 aromatic carbocycles. The molecule has 286 valence electrons. The Hall–Kier alpha value is -2.44. The standard InChI is InChI=1S/C46H69N3O3/c1-30(2)34-16-23-46(47-26-29-49-27-19-32(20-28-49)40(50)48(8)9)25-24-44(6)36(39(34)46)14-15-38-43(5)21-17-35(31-10-12-33(13-11-31)41(51)52)42(3,4)37(43)18-22-45(38,44)7/h10-13,17,32,34,36-39,47H,1,14-16,18-29H2,2-9H3,(H,51,52)/t34-,36?,37-,38+,39+,43-,44+,45+,46-/m0/s1. The number of carboxylic acid groups (broad SMARTS) is 1. The number of amides is 1. The van der Waals surface area contributed by atoms with Crippen molar-refractivity contribution in [3.63, 3.8) is 0 Å². The molecule has 1 amide bonds. The Morgan fingerprint density at radius 1 is 0.885 bits per heavy atom. The average molecular weight is 712 g/mol. The zero-order chi connectivity index (χ0) is 37.4. The van der Waals surface area contributed by atoms with Crippen molar-refractivity contribution >= 4 is 17.4 Å². The number of fused-ring (bicyclic) bond motifs is 7. The van der Waals surface area contributed by atoms with Gasteiger partial charge in [-0.1, -0.05) is 65.0 Å². The molecule has 0 bridgehead atoms. The van der Waals surface area contributed by atoms with Gasteiger partial charge in [0.25, 0.3) is 0 Å². The van der Waals surface area contributed by atoms with Crippen LogP contribution in [0.2, 0.25) is 0 Å². The van der Waals surface area contributed by atoms with Gasteiger partial charge in [-0.3, -0.25) is 4.79 Å². The van der Waals surface area contributed by atoms with Crippen molar-refractivity contribution in [2.45, 2.75) is 118 Å². The molecule has 6 heteroatoms. The highest BCUT2D eigenvalue weighted by atomic mass is 16.4. The summed E-state index contributed by atoms with van der Waals surface area (Å²) < 4.78 is 0. The lowest BCUT2D eigenvalue weighted by molar-refractivity contribution is -0.219. The van der Waals surface area contributed by atoms with Crippen LogP contribution in [0, 0.1) is 57.2 Å². The van der Waals surface area contributed by atoms with Crippen molar-refractivity contribution in [2.75, 3.05) is 40.3 Å². The number of nitrogens with zero attached hydrogens (tertiary/aromatic N) is 2. The van der Waals surface area contributed by atoms with Crippen molar-refractivity contribution in [3.8, 4) is 0 Å². The first kappa shape index (κ1) is 37.9. The first-order valence-electron chi connectivity index (χ1n) is 20.9. The van der Waals surface area contributed by atoms with Gasteiger partial charge in [-0.15, -0.1) is 0 Å². The van der Waals surface area contributed by atoms with Crippen molar-refractivity contribution in [3.05, 3.63) is 53.6 Å². The number of hydrogen-bond donors (Lipinski definition) is 2. The number of allylic oxidation sites excluding steroid dienone is 3. The Balaban J connectivity index is 1.10. The molecule has 1 aliphatic heterocycles. The van der Waals surface area contributed by atoms with Gasteiger partial charge < -0.3 is 20.2 Å². The van der Waals surface area contributed by atoms with E-state index in [-0.39, 0.29) is 22.3 Å². The Kier molecular flexibility index (Phi) is 9.75. The highest BCUT2D eigenvalue weighted by Crippen LogP contribution is 2.76. The van der Waals surface area contributed by atoms with Crippen LogP contribution in [0.4, 0.5) is 0 Å². The minimum absolute atomic E-state index is 0.0239. The van der Waals surface area contributed by atoms with E-state index in [0.717, 1.165) is 45.4 Å². The number of carboxylic acids is 1. The third kappa shape index (κ3) is 5.78. The van der Waals surface area contributed by atoms with E-state index in [1.807, 2.05) is 26.2 Å². The van der Waals surface area contributed by atoms with E-state index in [9.17, 15) is 14.7 Å². The molecular weight excluding hydrogens is 643 g/mol. The van der Waals surface area contributed by atoms with Gasteiger partial charge in [0.2, 0.25) is 5.91 Å². The van der Waals surface area contributed by atoms with Crippen molar-refractivity contribution < 1.29 is 14.7 Å². The van der Waals surface area contributed by atoms with Gasteiger partial charge in [0.15, 0.2) is 0 Å². The highest BCUT2D eigenvalue weighted by molar-refractivity contribution is 5.88. The van der Waals surface area contributed by atoms with Crippen LogP contribution in [0.15, 0.2) is 42.5 Å². The largest absolute Gasteiger partial charge is 0.478 e. The maximum atomic E-state index is 12.6. The first-order chi connectivity index (χ1) is 24.5. The fourth-order valence-corrected chi connectivity index (χ4v) is 14.6. The summed E-state index contributed by atoms with van der Waals surface area (Å²) in [6.45, 7) is 24.2. The molecule has 7 rings (SSSR count). The summed E-state index contributed by atoms with van der Waals surface area (Å²) >= 11 is 0. The van der Waals surface area contributed by atoms with E-state index >= 15 is 0 Å². The quantitative estimate of drug-likeness (QED) is 0.263. The van der Waals surface area contributed by atoms with Crippen LogP contribution < -0.4 is 5.32 Å². The van der Waals surface area contributed by atoms with E-state index in [1.54, 1.807) is 17.0 Å². The fourth-order valence-electron chi connectivity index (χ4n) is 14.6. The van der Waals surface area contributed by atoms with Crippen LogP contribution in [0.5, 0.6) is 0 Å². The van der Waals surface area contributed by atoms with E-state index in [1.165, 1.54) is 68.1 Å². The van der Waals surface area contributed by atoms with Crippen molar-refractivity contribution in [1.82, 2.24) is 15.1 Å². The normalized spacial score (nSPS) is 40.1. The molecule has 0 radical (unpaired) electrons. The number of piperidine rings is 1. The van der Waals surface area contributed by atoms with Crippen molar-refractivity contribution in [1.29, 1.82) is 0 Å². The summed E-state index contributed by atoms with van der Waals surface area (Å²) in [7, 11) is 3.78. The molecule has 1 heterocycles. The lowest BCUT2D eigenvalue weighted by Gasteiger charge is -2.72. The summed E-state index contributed by atoms with van der Waals surface area (Å²) in [5, 5.41) is 13.8. The summed E-state index contributed by atoms with van der Waals surface area (Å²) in [6, 6.07) is 7.63. The maximum absolute atomic E-state index is 12.6. The van der Waals surface area contributed by atoms with Gasteiger partial charge in [0.05, 0.1) is 5.56 Å². The van der Waals surface area contributed by atoms with Gasteiger partial charge >= 0.3 is 5.97 Å². The predicted octanol–water partition coefficient (Wildman–Crippen LogP) is 9.18. The second-order valence-corrected chi connectivity index (χ2v) is 20.0. The van der Waals surface area contributed by atoms with Gasteiger partial charge in [-0.05, 0) is 165 Å². The molecular formula is C46H69N3O3. The number of carbonyl (C=O) groups excluding carboxylic acids is 1. The third-order valence-electron chi connectivity index (χ3n) is 17.4. The topological polar surface area (TPSA) is 72.9 Å². The number of likely N-dealkylation sites (tertiary alicyclic amines) is 1. The number of carbonyl (C=O) groups is 2. The SMILES string of the molecule is C=C(C)[C@@H]1CC[C@]2(NCCN3CCC(C(=O)N(C)C)CC3)CC[C@]3(C)C(CC[C@@H]4[C@@]5(C)CC=C(c6ccc(C(=O)O)cc6)C(C)(C)[C@@H]5CC[C@]43C)[C@@H]12. The molecule has 9 atom stereocenters. The molecule has 1 unspecified atom stereocenters. The number of nitrogens with one attached hydrogen (secondary N) is 1. The number of hydrogen-bond acceptors (Lipinski definition) is 4. The Labute approximate surface area is 315 Å². The second-order valence-electron chi connectivity index (χ2n) is 20.0. The lowest BCUT2D eigenvalue weighted by atomic mass is 9.33. The highest BCUT2D eigenvalue weighted by Gasteiger charge is 2.70. The molecule has 6 nitrogen and oxygen atoms in total. The van der Waals surface area contributed by atoms with E-state index in [4.69, 9.17) is 0 Å². The fraction of sp³-hybridized carbons (Fsp3) is 0.739. The van der Waals surface area contributed by atoms with E-state index < -0.39 is 5.97 Å². The van der Waals surface area contributed by atoms with Gasteiger partial charge in [0, 0.05) is 38.6 Å². The molecule has 52 heavy (non-hydrogen) atoms. The van der Waals surface area contributed by atoms with Crippen LogP contribution in [-0.2, 0) is 4.79 Å². The number of aromatic carboxylic acids is 1. The Morgan fingerprint density at radius 2 is 1.58 bits per heavy atom. The zero-order valence-electron chi connectivity index (χ0n) is 33.8. The zero-order valence-corrected chi connectivity index (χ0v) is 33.8. The smallest absolute Gasteiger partial charge is 0.335 e. The Bertz CT molecular complexity index is 1590. The first-order valence-corrected chi connectivity index (χ1v) is 20.9. The van der Waals surface area contributed by atoms with Crippen LogP contribution in [0.3, 0.4) is 0 Å². The lowest BCUT2D eigenvalue weighted by Crippen LogP contribution is -2.68. The second kappa shape index (κ2) is 13.4. The molecule has 2 N–H and O–H groups in total. The minimum atomic E-state index is -0.861. The molecule has 0 spiro atoms. The van der Waals surface area contributed by atoms with Crippen LogP contribution in [-0.4, -0.2) is 72.6 Å². The average Bonchev–Trinajstić information content (AvgIpc) is 3.48. The van der Waals surface area contributed by atoms with Crippen LogP contribution >= 0.6 is 0 Å². The maximum Gasteiger partial charge on any atom is 0.335 e. The Morgan fingerprint density at radius 3 is 2.21 bits per heavy atom. The molecule has 5 aliphatic carbocycles. The monoisotopic (exact) mass is 712 g/mol.